The minimum absolute atomic E-state index is 0.0713. The number of rotatable bonds is 7. The van der Waals surface area contributed by atoms with E-state index in [1.807, 2.05) is 0 Å². The Morgan fingerprint density at radius 2 is 1.50 bits per heavy atom. The van der Waals surface area contributed by atoms with Crippen molar-refractivity contribution in [1.29, 1.82) is 0 Å². The van der Waals surface area contributed by atoms with E-state index in [1.54, 1.807) is 0 Å². The van der Waals surface area contributed by atoms with Crippen LogP contribution in [-0.2, 0) is 9.59 Å². The zero-order valence-corrected chi connectivity index (χ0v) is 25.2. The molecule has 4 rings (SSSR count). The molecule has 0 bridgehead atoms. The number of benzene rings is 3. The standard InChI is InChI=1S/C26H15Cl6F4N3O3/c1-8-4-10(37-24(41)17-16(26(17,31)32)9-5-12(27)19(30)13(28)6-9)7-11(18(8)29)23(40)38-15-3-2-14(33)21(20(15)34)39-25(42)22(35)36/h2-7,16-17,22H,1H3,(H,37,41)(H,38,40)(H,39,42)/t16-,17+/m0/s1. The summed E-state index contributed by atoms with van der Waals surface area (Å²) in [5.74, 6) is -8.11. The molecule has 1 aliphatic rings. The van der Waals surface area contributed by atoms with Crippen molar-refractivity contribution < 1.29 is 31.9 Å². The van der Waals surface area contributed by atoms with Crippen molar-refractivity contribution in [2.45, 2.75) is 23.6 Å². The monoisotopic (exact) mass is 703 g/mol. The summed E-state index contributed by atoms with van der Waals surface area (Å²) in [5.41, 5.74) is -1.18. The lowest BCUT2D eigenvalue weighted by atomic mass is 10.1. The van der Waals surface area contributed by atoms with Gasteiger partial charge in [-0.3, -0.25) is 14.4 Å². The molecule has 2 atom stereocenters. The van der Waals surface area contributed by atoms with Gasteiger partial charge in [0.15, 0.2) is 5.82 Å². The number of carbonyl (C=O) groups excluding carboxylic acids is 3. The smallest absolute Gasteiger partial charge is 0.315 e. The largest absolute Gasteiger partial charge is 0.326 e. The second-order valence-electron chi connectivity index (χ2n) is 9.10. The number of hydrogen-bond donors (Lipinski definition) is 3. The van der Waals surface area contributed by atoms with Crippen LogP contribution in [0.25, 0.3) is 0 Å². The van der Waals surface area contributed by atoms with Crippen LogP contribution in [0.3, 0.4) is 0 Å². The first-order valence-electron chi connectivity index (χ1n) is 11.6. The van der Waals surface area contributed by atoms with Crippen molar-refractivity contribution in [2.75, 3.05) is 16.0 Å². The van der Waals surface area contributed by atoms with Crippen LogP contribution in [0.5, 0.6) is 0 Å². The van der Waals surface area contributed by atoms with Gasteiger partial charge in [0, 0.05) is 11.6 Å². The third-order valence-corrected chi connectivity index (χ3v) is 8.89. The fraction of sp³-hybridized carbons (Fsp3) is 0.192. The molecule has 6 nitrogen and oxygen atoms in total. The van der Waals surface area contributed by atoms with Crippen LogP contribution in [0.1, 0.15) is 27.4 Å². The predicted molar refractivity (Wildman–Crippen MR) is 156 cm³/mol. The predicted octanol–water partition coefficient (Wildman–Crippen LogP) is 8.87. The molecule has 3 N–H and O–H groups in total. The van der Waals surface area contributed by atoms with E-state index in [4.69, 9.17) is 69.6 Å². The van der Waals surface area contributed by atoms with Crippen LogP contribution >= 0.6 is 69.6 Å². The minimum Gasteiger partial charge on any atom is -0.326 e. The molecule has 1 saturated carbocycles. The Labute approximate surface area is 265 Å². The van der Waals surface area contributed by atoms with E-state index in [-0.39, 0.29) is 31.3 Å². The highest BCUT2D eigenvalue weighted by molar-refractivity contribution is 6.54. The number of carbonyl (C=O) groups is 3. The Morgan fingerprint density at radius 3 is 2.10 bits per heavy atom. The Morgan fingerprint density at radius 1 is 0.881 bits per heavy atom. The molecule has 0 aromatic heterocycles. The summed E-state index contributed by atoms with van der Waals surface area (Å²) in [4.78, 5) is 37.4. The topological polar surface area (TPSA) is 87.3 Å². The maximum Gasteiger partial charge on any atom is 0.315 e. The molecule has 3 amide bonds. The van der Waals surface area contributed by atoms with Crippen LogP contribution in [0.4, 0.5) is 34.6 Å². The van der Waals surface area contributed by atoms with Gasteiger partial charge in [0.2, 0.25) is 5.91 Å². The summed E-state index contributed by atoms with van der Waals surface area (Å²) < 4.78 is 52.5. The van der Waals surface area contributed by atoms with E-state index in [0.29, 0.717) is 17.2 Å². The first kappa shape index (κ1) is 32.4. The third-order valence-electron chi connectivity index (χ3n) is 6.25. The van der Waals surface area contributed by atoms with Crippen LogP contribution < -0.4 is 16.0 Å². The molecular formula is C26H15Cl6F4N3O3. The quantitative estimate of drug-likeness (QED) is 0.130. The Bertz CT molecular complexity index is 1620. The maximum atomic E-state index is 14.8. The molecule has 222 valence electrons. The Kier molecular flexibility index (Phi) is 9.47. The van der Waals surface area contributed by atoms with Crippen molar-refractivity contribution >= 4 is 104 Å². The molecule has 0 radical (unpaired) electrons. The number of hydrogen-bond acceptors (Lipinski definition) is 3. The number of aryl methyl sites for hydroxylation is 1. The Hall–Kier alpha value is -2.47. The van der Waals surface area contributed by atoms with Crippen molar-refractivity contribution in [1.82, 2.24) is 0 Å². The van der Waals surface area contributed by atoms with Gasteiger partial charge in [0.05, 0.1) is 37.3 Å². The number of halogens is 10. The molecule has 1 fully saturated rings. The van der Waals surface area contributed by atoms with Crippen molar-refractivity contribution in [3.63, 3.8) is 0 Å². The van der Waals surface area contributed by atoms with Crippen LogP contribution in [0, 0.1) is 24.5 Å². The van der Waals surface area contributed by atoms with Gasteiger partial charge >= 0.3 is 6.43 Å². The maximum absolute atomic E-state index is 14.8. The summed E-state index contributed by atoms with van der Waals surface area (Å²) in [6.45, 7) is 1.52. The lowest BCUT2D eigenvalue weighted by molar-refractivity contribution is -0.126. The molecule has 42 heavy (non-hydrogen) atoms. The van der Waals surface area contributed by atoms with Gasteiger partial charge in [-0.1, -0.05) is 46.4 Å². The van der Waals surface area contributed by atoms with Crippen molar-refractivity contribution in [3.05, 3.63) is 84.8 Å². The summed E-state index contributed by atoms with van der Waals surface area (Å²) >= 11 is 37.3. The molecule has 16 heteroatoms. The molecule has 3 aromatic carbocycles. The first-order valence-corrected chi connectivity index (χ1v) is 13.8. The highest BCUT2D eigenvalue weighted by Gasteiger charge is 2.67. The third kappa shape index (κ3) is 6.39. The lowest BCUT2D eigenvalue weighted by Gasteiger charge is -2.14. The van der Waals surface area contributed by atoms with E-state index in [9.17, 15) is 31.9 Å². The molecular weight excluding hydrogens is 691 g/mol. The number of anilines is 3. The van der Waals surface area contributed by atoms with Gasteiger partial charge in [0.25, 0.3) is 11.8 Å². The van der Waals surface area contributed by atoms with Crippen molar-refractivity contribution in [3.8, 4) is 0 Å². The van der Waals surface area contributed by atoms with Gasteiger partial charge in [-0.15, -0.1) is 23.2 Å². The number of alkyl halides is 4. The summed E-state index contributed by atoms with van der Waals surface area (Å²) in [6, 6.07) is 7.07. The summed E-state index contributed by atoms with van der Waals surface area (Å²) in [5, 5.41) is 6.50. The molecule has 0 heterocycles. The van der Waals surface area contributed by atoms with E-state index < -0.39 is 63.3 Å². The van der Waals surface area contributed by atoms with E-state index >= 15 is 0 Å². The number of amides is 3. The molecule has 3 aromatic rings. The van der Waals surface area contributed by atoms with Gasteiger partial charge in [-0.25, -0.2) is 8.78 Å². The molecule has 0 spiro atoms. The second-order valence-corrected chi connectivity index (χ2v) is 12.1. The SMILES string of the molecule is Cc1cc(NC(=O)[C@H]2[C@H](c3cc(Cl)c(Cl)c(Cl)c3)C2(Cl)Cl)cc(C(=O)Nc2ccc(F)c(NC(=O)C(F)F)c2F)c1Cl. The molecule has 1 aliphatic carbocycles. The van der Waals surface area contributed by atoms with Crippen LogP contribution in [0.15, 0.2) is 36.4 Å². The highest BCUT2D eigenvalue weighted by Crippen LogP contribution is 2.65. The van der Waals surface area contributed by atoms with Crippen molar-refractivity contribution in [2.24, 2.45) is 5.92 Å². The lowest BCUT2D eigenvalue weighted by Crippen LogP contribution is -2.22. The molecule has 0 aliphatic heterocycles. The summed E-state index contributed by atoms with van der Waals surface area (Å²) in [7, 11) is 0. The fourth-order valence-electron chi connectivity index (χ4n) is 4.18. The van der Waals surface area contributed by atoms with Crippen LogP contribution in [-0.4, -0.2) is 28.5 Å². The average Bonchev–Trinajstić information content (AvgIpc) is 3.49. The Balaban J connectivity index is 1.56. The van der Waals surface area contributed by atoms with Crippen LogP contribution in [0.2, 0.25) is 20.1 Å². The molecule has 0 unspecified atom stereocenters. The van der Waals surface area contributed by atoms with E-state index in [0.717, 1.165) is 6.07 Å². The summed E-state index contributed by atoms with van der Waals surface area (Å²) in [6.07, 6.45) is -3.54. The van der Waals surface area contributed by atoms with Gasteiger partial charge in [0.1, 0.15) is 15.8 Å². The fourth-order valence-corrected chi connectivity index (χ4v) is 5.82. The number of nitrogens with one attached hydrogen (secondary N) is 3. The van der Waals surface area contributed by atoms with E-state index in [2.05, 4.69) is 10.6 Å². The average molecular weight is 706 g/mol. The minimum atomic E-state index is -3.54. The van der Waals surface area contributed by atoms with Gasteiger partial charge in [-0.2, -0.15) is 8.78 Å². The highest BCUT2D eigenvalue weighted by atomic mass is 35.5. The van der Waals surface area contributed by atoms with E-state index in [1.165, 1.54) is 36.5 Å². The zero-order valence-electron chi connectivity index (χ0n) is 20.7. The second kappa shape index (κ2) is 12.3. The normalized spacial score (nSPS) is 17.1. The zero-order chi connectivity index (χ0) is 31.3. The van der Waals surface area contributed by atoms with Gasteiger partial charge in [-0.05, 0) is 54.4 Å². The molecule has 0 saturated heterocycles. The first-order chi connectivity index (χ1) is 19.5. The van der Waals surface area contributed by atoms with Gasteiger partial charge < -0.3 is 16.0 Å².